The van der Waals surface area contributed by atoms with Crippen LogP contribution in [0.2, 0.25) is 0 Å². The van der Waals surface area contributed by atoms with Gasteiger partial charge in [0.1, 0.15) is 0 Å². The van der Waals surface area contributed by atoms with E-state index in [1.165, 1.54) is 0 Å². The average Bonchev–Trinajstić information content (AvgIpc) is 2.50. The summed E-state index contributed by atoms with van der Waals surface area (Å²) in [5.74, 6) is 0.151. The summed E-state index contributed by atoms with van der Waals surface area (Å²) in [6, 6.07) is 5.90. The standard InChI is InChI=1S/C16H21BrN2O2/c1-3-15(20)18-13-6-8-19(9-7-13)16(21)12-5-4-11(2)14(17)10-12/h4-5,10,13H,3,6-9H2,1-2H3,(H,18,20). The molecule has 0 radical (unpaired) electrons. The second-order valence-corrected chi connectivity index (χ2v) is 6.31. The first kappa shape index (κ1) is 16.0. The predicted molar refractivity (Wildman–Crippen MR) is 86.2 cm³/mol. The number of benzene rings is 1. The Labute approximate surface area is 134 Å². The van der Waals surface area contributed by atoms with Gasteiger partial charge in [0.2, 0.25) is 5.91 Å². The molecule has 0 aromatic heterocycles. The van der Waals surface area contributed by atoms with Crippen LogP contribution >= 0.6 is 15.9 Å². The molecule has 1 aromatic rings. The van der Waals surface area contributed by atoms with Crippen molar-refractivity contribution in [1.82, 2.24) is 10.2 Å². The molecule has 0 bridgehead atoms. The van der Waals surface area contributed by atoms with Gasteiger partial charge in [0.05, 0.1) is 0 Å². The molecule has 5 heteroatoms. The number of nitrogens with zero attached hydrogens (tertiary/aromatic N) is 1. The summed E-state index contributed by atoms with van der Waals surface area (Å²) in [6.45, 7) is 5.24. The summed E-state index contributed by atoms with van der Waals surface area (Å²) in [4.78, 5) is 25.7. The Morgan fingerprint density at radius 1 is 1.33 bits per heavy atom. The fourth-order valence-corrected chi connectivity index (χ4v) is 2.84. The summed E-state index contributed by atoms with van der Waals surface area (Å²) in [6.07, 6.45) is 2.16. The number of likely N-dealkylation sites (tertiary alicyclic amines) is 1. The largest absolute Gasteiger partial charge is 0.353 e. The van der Waals surface area contributed by atoms with Crippen molar-refractivity contribution < 1.29 is 9.59 Å². The highest BCUT2D eigenvalue weighted by Crippen LogP contribution is 2.20. The highest BCUT2D eigenvalue weighted by molar-refractivity contribution is 9.10. The number of amides is 2. The van der Waals surface area contributed by atoms with E-state index in [1.807, 2.05) is 36.9 Å². The number of nitrogens with one attached hydrogen (secondary N) is 1. The van der Waals surface area contributed by atoms with Gasteiger partial charge in [-0.1, -0.05) is 28.9 Å². The number of hydrogen-bond donors (Lipinski definition) is 1. The van der Waals surface area contributed by atoms with Gasteiger partial charge in [-0.2, -0.15) is 0 Å². The quantitative estimate of drug-likeness (QED) is 0.909. The lowest BCUT2D eigenvalue weighted by Crippen LogP contribution is -2.46. The molecule has 0 aliphatic carbocycles. The molecule has 0 saturated carbocycles. The first-order valence-electron chi connectivity index (χ1n) is 7.36. The molecule has 21 heavy (non-hydrogen) atoms. The van der Waals surface area contributed by atoms with Gasteiger partial charge < -0.3 is 10.2 Å². The fourth-order valence-electron chi connectivity index (χ4n) is 2.47. The second-order valence-electron chi connectivity index (χ2n) is 5.45. The molecule has 1 aliphatic heterocycles. The molecule has 0 spiro atoms. The lowest BCUT2D eigenvalue weighted by atomic mass is 10.0. The highest BCUT2D eigenvalue weighted by Gasteiger charge is 2.24. The van der Waals surface area contributed by atoms with E-state index < -0.39 is 0 Å². The normalized spacial score (nSPS) is 15.9. The van der Waals surface area contributed by atoms with Gasteiger partial charge in [0.25, 0.3) is 5.91 Å². The molecule has 1 aliphatic rings. The molecule has 2 amide bonds. The Bertz CT molecular complexity index is 537. The second kappa shape index (κ2) is 7.07. The third-order valence-electron chi connectivity index (χ3n) is 3.89. The number of carbonyl (C=O) groups is 2. The third-order valence-corrected chi connectivity index (χ3v) is 4.74. The van der Waals surface area contributed by atoms with Gasteiger partial charge >= 0.3 is 0 Å². The van der Waals surface area contributed by atoms with Crippen molar-refractivity contribution >= 4 is 27.7 Å². The van der Waals surface area contributed by atoms with Crippen molar-refractivity contribution in [3.63, 3.8) is 0 Å². The van der Waals surface area contributed by atoms with E-state index in [2.05, 4.69) is 21.2 Å². The van der Waals surface area contributed by atoms with E-state index in [0.29, 0.717) is 25.1 Å². The number of hydrogen-bond acceptors (Lipinski definition) is 2. The Morgan fingerprint density at radius 2 is 2.00 bits per heavy atom. The van der Waals surface area contributed by atoms with Crippen LogP contribution < -0.4 is 5.32 Å². The van der Waals surface area contributed by atoms with Crippen LogP contribution in [0.4, 0.5) is 0 Å². The van der Waals surface area contributed by atoms with E-state index >= 15 is 0 Å². The van der Waals surface area contributed by atoms with E-state index in [-0.39, 0.29) is 17.9 Å². The van der Waals surface area contributed by atoms with Crippen LogP contribution in [0.15, 0.2) is 22.7 Å². The number of aryl methyl sites for hydroxylation is 1. The maximum absolute atomic E-state index is 12.5. The Balaban J connectivity index is 1.93. The van der Waals surface area contributed by atoms with Gasteiger partial charge in [0, 0.05) is 35.6 Å². The molecule has 2 rings (SSSR count). The summed E-state index contributed by atoms with van der Waals surface area (Å²) in [7, 11) is 0. The van der Waals surface area contributed by atoms with Crippen molar-refractivity contribution in [1.29, 1.82) is 0 Å². The Hall–Kier alpha value is -1.36. The van der Waals surface area contributed by atoms with Crippen LogP contribution in [0.5, 0.6) is 0 Å². The van der Waals surface area contributed by atoms with Crippen LogP contribution in [0.3, 0.4) is 0 Å². The number of rotatable bonds is 3. The molecular formula is C16H21BrN2O2. The molecule has 1 saturated heterocycles. The van der Waals surface area contributed by atoms with Crippen molar-refractivity contribution in [3.05, 3.63) is 33.8 Å². The van der Waals surface area contributed by atoms with Gasteiger partial charge in [-0.25, -0.2) is 0 Å². The number of carbonyl (C=O) groups excluding carboxylic acids is 2. The smallest absolute Gasteiger partial charge is 0.253 e. The molecule has 1 aromatic carbocycles. The average molecular weight is 353 g/mol. The van der Waals surface area contributed by atoms with Gasteiger partial charge in [-0.15, -0.1) is 0 Å². The van der Waals surface area contributed by atoms with Crippen LogP contribution in [-0.4, -0.2) is 35.8 Å². The lowest BCUT2D eigenvalue weighted by molar-refractivity contribution is -0.121. The zero-order valence-electron chi connectivity index (χ0n) is 12.5. The Kier molecular flexibility index (Phi) is 5.39. The lowest BCUT2D eigenvalue weighted by Gasteiger charge is -2.32. The summed E-state index contributed by atoms with van der Waals surface area (Å²) in [5.41, 5.74) is 1.83. The minimum atomic E-state index is 0.0657. The zero-order valence-corrected chi connectivity index (χ0v) is 14.1. The monoisotopic (exact) mass is 352 g/mol. The molecule has 1 N–H and O–H groups in total. The fraction of sp³-hybridized carbons (Fsp3) is 0.500. The first-order chi connectivity index (χ1) is 10.0. The minimum Gasteiger partial charge on any atom is -0.353 e. The molecule has 114 valence electrons. The number of piperidine rings is 1. The number of halogens is 1. The molecule has 4 nitrogen and oxygen atoms in total. The van der Waals surface area contributed by atoms with Gasteiger partial charge in [0.15, 0.2) is 0 Å². The molecular weight excluding hydrogens is 332 g/mol. The summed E-state index contributed by atoms with van der Waals surface area (Å²) >= 11 is 3.46. The third kappa shape index (κ3) is 4.06. The maximum atomic E-state index is 12.5. The molecule has 0 atom stereocenters. The molecule has 0 unspecified atom stereocenters. The van der Waals surface area contributed by atoms with Crippen molar-refractivity contribution in [2.45, 2.75) is 39.2 Å². The molecule has 1 heterocycles. The first-order valence-corrected chi connectivity index (χ1v) is 8.15. The highest BCUT2D eigenvalue weighted by atomic mass is 79.9. The zero-order chi connectivity index (χ0) is 15.4. The van der Waals surface area contributed by atoms with E-state index in [4.69, 9.17) is 0 Å². The predicted octanol–water partition coefficient (Wildman–Crippen LogP) is 2.89. The van der Waals surface area contributed by atoms with Crippen LogP contribution in [0.25, 0.3) is 0 Å². The van der Waals surface area contributed by atoms with Crippen LogP contribution in [-0.2, 0) is 4.79 Å². The van der Waals surface area contributed by atoms with E-state index in [9.17, 15) is 9.59 Å². The van der Waals surface area contributed by atoms with Crippen molar-refractivity contribution in [2.75, 3.05) is 13.1 Å². The van der Waals surface area contributed by atoms with E-state index in [1.54, 1.807) is 0 Å². The van der Waals surface area contributed by atoms with E-state index in [0.717, 1.165) is 22.9 Å². The minimum absolute atomic E-state index is 0.0657. The maximum Gasteiger partial charge on any atom is 0.253 e. The van der Waals surface area contributed by atoms with Crippen LogP contribution in [0, 0.1) is 6.92 Å². The Morgan fingerprint density at radius 3 is 2.57 bits per heavy atom. The summed E-state index contributed by atoms with van der Waals surface area (Å²) < 4.78 is 0.957. The topological polar surface area (TPSA) is 49.4 Å². The van der Waals surface area contributed by atoms with Crippen LogP contribution in [0.1, 0.15) is 42.1 Å². The van der Waals surface area contributed by atoms with Crippen molar-refractivity contribution in [2.24, 2.45) is 0 Å². The molecule has 1 fully saturated rings. The van der Waals surface area contributed by atoms with Gasteiger partial charge in [-0.05, 0) is 37.5 Å². The van der Waals surface area contributed by atoms with Gasteiger partial charge in [-0.3, -0.25) is 9.59 Å². The SMILES string of the molecule is CCC(=O)NC1CCN(C(=O)c2ccc(C)c(Br)c2)CC1. The summed E-state index contributed by atoms with van der Waals surface area (Å²) in [5, 5.41) is 3.00. The van der Waals surface area contributed by atoms with Crippen molar-refractivity contribution in [3.8, 4) is 0 Å².